The van der Waals surface area contributed by atoms with E-state index in [1.165, 1.54) is 6.92 Å². The number of likely N-dealkylation sites (N-methyl/N-ethyl adjacent to an activating group) is 1. The van der Waals surface area contributed by atoms with E-state index in [4.69, 9.17) is 0 Å². The first-order valence-corrected chi connectivity index (χ1v) is 4.44. The Labute approximate surface area is 82.4 Å². The summed E-state index contributed by atoms with van der Waals surface area (Å²) >= 11 is 0. The van der Waals surface area contributed by atoms with Crippen LogP contribution in [-0.4, -0.2) is 40.6 Å². The summed E-state index contributed by atoms with van der Waals surface area (Å²) in [6.45, 7) is 2.32. The van der Waals surface area contributed by atoms with Gasteiger partial charge in [-0.25, -0.2) is 4.98 Å². The molecule has 2 N–H and O–H groups in total. The van der Waals surface area contributed by atoms with Crippen molar-refractivity contribution in [1.82, 2.24) is 14.9 Å². The molecule has 0 aliphatic rings. The highest BCUT2D eigenvalue weighted by molar-refractivity contribution is 5.20. The standard InChI is InChI=1S/C9H15N3O2/c1-6-8(13)10-7(11-9(6)14)4-5-12(2)3/h4-5H2,1-3H3,(H2,10,11,13,14). The zero-order valence-electron chi connectivity index (χ0n) is 8.66. The van der Waals surface area contributed by atoms with Gasteiger partial charge in [0.25, 0.3) is 5.56 Å². The fourth-order valence-electron chi connectivity index (χ4n) is 1.01. The number of H-pyrrole nitrogens is 1. The Morgan fingerprint density at radius 1 is 1.50 bits per heavy atom. The van der Waals surface area contributed by atoms with E-state index < -0.39 is 0 Å². The summed E-state index contributed by atoms with van der Waals surface area (Å²) < 4.78 is 0. The van der Waals surface area contributed by atoms with Crippen LogP contribution in [0, 0.1) is 6.92 Å². The molecule has 0 unspecified atom stereocenters. The monoisotopic (exact) mass is 197 g/mol. The highest BCUT2D eigenvalue weighted by Gasteiger charge is 2.05. The lowest BCUT2D eigenvalue weighted by Gasteiger charge is -2.08. The van der Waals surface area contributed by atoms with Crippen LogP contribution in [0.2, 0.25) is 0 Å². The number of aromatic nitrogens is 2. The van der Waals surface area contributed by atoms with Crippen LogP contribution in [0.25, 0.3) is 0 Å². The lowest BCUT2D eigenvalue weighted by Crippen LogP contribution is -2.20. The van der Waals surface area contributed by atoms with E-state index in [0.717, 1.165) is 6.54 Å². The molecule has 0 saturated heterocycles. The van der Waals surface area contributed by atoms with E-state index in [1.54, 1.807) is 0 Å². The van der Waals surface area contributed by atoms with Crippen LogP contribution in [0.4, 0.5) is 0 Å². The molecule has 0 bridgehead atoms. The molecular formula is C9H15N3O2. The molecule has 0 aromatic carbocycles. The smallest absolute Gasteiger partial charge is 0.257 e. The van der Waals surface area contributed by atoms with Gasteiger partial charge < -0.3 is 15.0 Å². The Morgan fingerprint density at radius 3 is 2.64 bits per heavy atom. The maximum absolute atomic E-state index is 11.2. The first kappa shape index (κ1) is 10.7. The number of nitrogens with one attached hydrogen (secondary N) is 1. The van der Waals surface area contributed by atoms with Gasteiger partial charge in [-0.3, -0.25) is 4.79 Å². The fourth-order valence-corrected chi connectivity index (χ4v) is 1.01. The van der Waals surface area contributed by atoms with Crippen LogP contribution < -0.4 is 5.56 Å². The average molecular weight is 197 g/mol. The van der Waals surface area contributed by atoms with Crippen molar-refractivity contribution in [2.75, 3.05) is 20.6 Å². The molecule has 5 heteroatoms. The third-order valence-corrected chi connectivity index (χ3v) is 1.97. The second kappa shape index (κ2) is 4.23. The second-order valence-corrected chi connectivity index (χ2v) is 3.51. The molecule has 1 aromatic rings. The van der Waals surface area contributed by atoms with Crippen LogP contribution in [0.15, 0.2) is 4.79 Å². The predicted molar refractivity (Wildman–Crippen MR) is 53.5 cm³/mol. The fraction of sp³-hybridized carbons (Fsp3) is 0.556. The van der Waals surface area contributed by atoms with Crippen LogP contribution in [0.5, 0.6) is 5.88 Å². The Morgan fingerprint density at radius 2 is 2.14 bits per heavy atom. The summed E-state index contributed by atoms with van der Waals surface area (Å²) in [5.41, 5.74) is -0.00939. The van der Waals surface area contributed by atoms with Gasteiger partial charge in [0.15, 0.2) is 0 Å². The first-order chi connectivity index (χ1) is 6.50. The quantitative estimate of drug-likeness (QED) is 0.709. The molecule has 14 heavy (non-hydrogen) atoms. The third kappa shape index (κ3) is 2.56. The molecule has 0 fully saturated rings. The molecule has 5 nitrogen and oxygen atoms in total. The summed E-state index contributed by atoms with van der Waals surface area (Å²) in [5, 5.41) is 9.30. The Kier molecular flexibility index (Phi) is 3.24. The van der Waals surface area contributed by atoms with Crippen molar-refractivity contribution in [2.24, 2.45) is 0 Å². The lowest BCUT2D eigenvalue weighted by atomic mass is 10.3. The predicted octanol–water partition coefficient (Wildman–Crippen LogP) is -0.112. The molecule has 0 saturated carbocycles. The molecule has 1 heterocycles. The third-order valence-electron chi connectivity index (χ3n) is 1.97. The van der Waals surface area contributed by atoms with Crippen LogP contribution in [0.3, 0.4) is 0 Å². The number of nitrogens with zero attached hydrogens (tertiary/aromatic N) is 2. The molecular weight excluding hydrogens is 182 g/mol. The normalized spacial score (nSPS) is 10.9. The molecule has 0 amide bonds. The van der Waals surface area contributed by atoms with E-state index in [9.17, 15) is 9.90 Å². The number of aromatic hydroxyl groups is 1. The largest absolute Gasteiger partial charge is 0.493 e. The molecule has 0 aliphatic carbocycles. The number of hydrogen-bond donors (Lipinski definition) is 2. The van der Waals surface area contributed by atoms with Gasteiger partial charge in [0, 0.05) is 13.0 Å². The van der Waals surface area contributed by atoms with Gasteiger partial charge in [-0.15, -0.1) is 0 Å². The lowest BCUT2D eigenvalue weighted by molar-refractivity contribution is 0.403. The van der Waals surface area contributed by atoms with E-state index in [0.29, 0.717) is 12.2 Å². The minimum absolute atomic E-state index is 0.178. The number of rotatable bonds is 3. The zero-order chi connectivity index (χ0) is 10.7. The van der Waals surface area contributed by atoms with Crippen molar-refractivity contribution < 1.29 is 5.11 Å². The highest BCUT2D eigenvalue weighted by atomic mass is 16.3. The first-order valence-electron chi connectivity index (χ1n) is 4.44. The van der Waals surface area contributed by atoms with Crippen LogP contribution in [-0.2, 0) is 6.42 Å². The maximum atomic E-state index is 11.2. The minimum atomic E-state index is -0.272. The second-order valence-electron chi connectivity index (χ2n) is 3.51. The average Bonchev–Trinajstić information content (AvgIpc) is 2.10. The summed E-state index contributed by atoms with van der Waals surface area (Å²) in [6, 6.07) is 0. The number of aromatic amines is 1. The van der Waals surface area contributed by atoms with Crippen molar-refractivity contribution in [3.63, 3.8) is 0 Å². The van der Waals surface area contributed by atoms with Gasteiger partial charge in [-0.05, 0) is 21.0 Å². The topological polar surface area (TPSA) is 69.2 Å². The minimum Gasteiger partial charge on any atom is -0.493 e. The van der Waals surface area contributed by atoms with Gasteiger partial charge >= 0.3 is 0 Å². The molecule has 0 aliphatic heterocycles. The van der Waals surface area contributed by atoms with Crippen LogP contribution >= 0.6 is 0 Å². The Hall–Kier alpha value is -1.36. The van der Waals surface area contributed by atoms with Gasteiger partial charge in [0.05, 0.1) is 5.56 Å². The van der Waals surface area contributed by atoms with E-state index >= 15 is 0 Å². The van der Waals surface area contributed by atoms with Crippen molar-refractivity contribution in [3.8, 4) is 5.88 Å². The molecule has 1 aromatic heterocycles. The summed E-state index contributed by atoms with van der Waals surface area (Å²) in [7, 11) is 3.87. The van der Waals surface area contributed by atoms with Crippen molar-refractivity contribution in [2.45, 2.75) is 13.3 Å². The summed E-state index contributed by atoms with van der Waals surface area (Å²) in [4.78, 5) is 19.7. The van der Waals surface area contributed by atoms with Crippen molar-refractivity contribution in [3.05, 3.63) is 21.7 Å². The SMILES string of the molecule is Cc1c(O)nc(CCN(C)C)[nH]c1=O. The van der Waals surface area contributed by atoms with Gasteiger partial charge in [0.1, 0.15) is 5.82 Å². The zero-order valence-corrected chi connectivity index (χ0v) is 8.66. The van der Waals surface area contributed by atoms with Crippen molar-refractivity contribution >= 4 is 0 Å². The molecule has 0 spiro atoms. The van der Waals surface area contributed by atoms with E-state index in [-0.39, 0.29) is 17.0 Å². The van der Waals surface area contributed by atoms with Gasteiger partial charge in [-0.1, -0.05) is 0 Å². The Bertz CT molecular complexity index is 371. The molecule has 0 radical (unpaired) electrons. The molecule has 0 atom stereocenters. The van der Waals surface area contributed by atoms with E-state index in [1.807, 2.05) is 19.0 Å². The maximum Gasteiger partial charge on any atom is 0.257 e. The molecule has 1 rings (SSSR count). The summed E-state index contributed by atoms with van der Waals surface area (Å²) in [5.74, 6) is 0.342. The molecule has 78 valence electrons. The van der Waals surface area contributed by atoms with Gasteiger partial charge in [-0.2, -0.15) is 0 Å². The van der Waals surface area contributed by atoms with Crippen molar-refractivity contribution in [1.29, 1.82) is 0 Å². The van der Waals surface area contributed by atoms with Crippen LogP contribution in [0.1, 0.15) is 11.4 Å². The van der Waals surface area contributed by atoms with E-state index in [2.05, 4.69) is 9.97 Å². The number of hydrogen-bond acceptors (Lipinski definition) is 4. The van der Waals surface area contributed by atoms with Gasteiger partial charge in [0.2, 0.25) is 5.88 Å². The summed E-state index contributed by atoms with van der Waals surface area (Å²) in [6.07, 6.45) is 0.621. The Balaban J connectivity index is 2.85. The highest BCUT2D eigenvalue weighted by Crippen LogP contribution is 2.06.